The number of nitro benzene ring substituents is 1. The zero-order chi connectivity index (χ0) is 21.5. The topological polar surface area (TPSA) is 95.8 Å². The third kappa shape index (κ3) is 3.41. The van der Waals surface area contributed by atoms with Gasteiger partial charge < -0.3 is 15.1 Å². The van der Waals surface area contributed by atoms with E-state index in [-0.39, 0.29) is 17.3 Å². The van der Waals surface area contributed by atoms with Gasteiger partial charge >= 0.3 is 0 Å². The number of likely N-dealkylation sites (N-methyl/N-ethyl adjacent to an activating group) is 1. The highest BCUT2D eigenvalue weighted by Gasteiger charge is 2.44. The van der Waals surface area contributed by atoms with E-state index in [1.54, 1.807) is 44.2 Å². The summed E-state index contributed by atoms with van der Waals surface area (Å²) in [6.07, 6.45) is 0. The molecule has 0 atom stereocenters. The Bertz CT molecular complexity index is 996. The molecule has 1 aliphatic heterocycles. The number of hydrogen-bond acceptors (Lipinski definition) is 5. The Morgan fingerprint density at radius 1 is 1.21 bits per heavy atom. The van der Waals surface area contributed by atoms with Crippen molar-refractivity contribution in [1.82, 2.24) is 0 Å². The van der Waals surface area contributed by atoms with E-state index in [9.17, 15) is 19.7 Å². The summed E-state index contributed by atoms with van der Waals surface area (Å²) in [6.45, 7) is 5.79. The molecule has 0 fully saturated rings. The number of carbonyl (C=O) groups excluding carboxylic acids is 2. The van der Waals surface area contributed by atoms with Crippen molar-refractivity contribution in [3.63, 3.8) is 0 Å². The molecule has 0 bridgehead atoms. The van der Waals surface area contributed by atoms with Crippen molar-refractivity contribution < 1.29 is 14.5 Å². The smallest absolute Gasteiger partial charge is 0.294 e. The quantitative estimate of drug-likeness (QED) is 0.616. The maximum atomic E-state index is 12.7. The molecule has 0 unspecified atom stereocenters. The summed E-state index contributed by atoms with van der Waals surface area (Å²) in [5.41, 5.74) is 1.50. The van der Waals surface area contributed by atoms with Gasteiger partial charge in [0.2, 0.25) is 5.91 Å². The summed E-state index contributed by atoms with van der Waals surface area (Å²) < 4.78 is 0. The Morgan fingerprint density at radius 2 is 1.83 bits per heavy atom. The molecule has 0 spiro atoms. The van der Waals surface area contributed by atoms with Crippen LogP contribution in [0.15, 0.2) is 36.4 Å². The molecule has 0 saturated carbocycles. The summed E-state index contributed by atoms with van der Waals surface area (Å²) in [4.78, 5) is 39.9. The second-order valence-corrected chi connectivity index (χ2v) is 7.71. The number of amides is 2. The minimum atomic E-state index is -0.826. The van der Waals surface area contributed by atoms with Gasteiger partial charge in [-0.1, -0.05) is 0 Å². The van der Waals surface area contributed by atoms with Crippen LogP contribution in [0.25, 0.3) is 0 Å². The van der Waals surface area contributed by atoms with E-state index < -0.39 is 16.2 Å². The van der Waals surface area contributed by atoms with Crippen LogP contribution in [0.4, 0.5) is 22.7 Å². The molecule has 0 aliphatic carbocycles. The lowest BCUT2D eigenvalue weighted by Crippen LogP contribution is -2.35. The van der Waals surface area contributed by atoms with Gasteiger partial charge in [0.15, 0.2) is 0 Å². The maximum Gasteiger partial charge on any atom is 0.294 e. The number of nitrogens with one attached hydrogen (secondary N) is 1. The molecule has 1 N–H and O–H groups in total. The first-order valence-corrected chi connectivity index (χ1v) is 9.31. The average Bonchev–Trinajstić information content (AvgIpc) is 2.86. The second kappa shape index (κ2) is 7.20. The van der Waals surface area contributed by atoms with Gasteiger partial charge in [-0.2, -0.15) is 0 Å². The molecule has 1 heterocycles. The molecule has 8 nitrogen and oxygen atoms in total. The molecule has 2 aromatic rings. The second-order valence-electron chi connectivity index (χ2n) is 7.71. The van der Waals surface area contributed by atoms with Gasteiger partial charge in [-0.05, 0) is 56.7 Å². The van der Waals surface area contributed by atoms with E-state index in [1.165, 1.54) is 11.0 Å². The van der Waals surface area contributed by atoms with E-state index >= 15 is 0 Å². The lowest BCUT2D eigenvalue weighted by molar-refractivity contribution is -0.383. The standard InChI is InChI=1S/C21H24N4O4/c1-6-24-17-12-18(25(28)29)16(11-15(17)21(2,3)20(24)27)22-19(26)13-7-9-14(10-8-13)23(4)5/h7-12H,6H2,1-5H3,(H,22,26). The summed E-state index contributed by atoms with van der Waals surface area (Å²) in [6, 6.07) is 9.84. The summed E-state index contributed by atoms with van der Waals surface area (Å²) in [5, 5.41) is 14.3. The first kappa shape index (κ1) is 20.3. The van der Waals surface area contributed by atoms with Crippen LogP contribution in [0.3, 0.4) is 0 Å². The predicted molar refractivity (Wildman–Crippen MR) is 113 cm³/mol. The molecule has 29 heavy (non-hydrogen) atoms. The SMILES string of the molecule is CCN1C(=O)C(C)(C)c2cc(NC(=O)c3ccc(N(C)C)cc3)c([N+](=O)[O-])cc21. The molecule has 0 aromatic heterocycles. The first-order valence-electron chi connectivity index (χ1n) is 9.31. The number of nitro groups is 1. The molecular formula is C21H24N4O4. The van der Waals surface area contributed by atoms with Crippen molar-refractivity contribution in [2.24, 2.45) is 0 Å². The number of rotatable bonds is 5. The molecule has 2 aromatic carbocycles. The molecule has 1 aliphatic rings. The number of benzene rings is 2. The minimum absolute atomic E-state index is 0.0780. The van der Waals surface area contributed by atoms with Crippen molar-refractivity contribution in [3.8, 4) is 0 Å². The van der Waals surface area contributed by atoms with Gasteiger partial charge in [0.05, 0.1) is 16.0 Å². The highest BCUT2D eigenvalue weighted by molar-refractivity contribution is 6.10. The van der Waals surface area contributed by atoms with Crippen LogP contribution < -0.4 is 15.1 Å². The minimum Gasteiger partial charge on any atom is -0.378 e. The largest absolute Gasteiger partial charge is 0.378 e. The first-order chi connectivity index (χ1) is 13.6. The highest BCUT2D eigenvalue weighted by atomic mass is 16.6. The van der Waals surface area contributed by atoms with Crippen molar-refractivity contribution in [1.29, 1.82) is 0 Å². The van der Waals surface area contributed by atoms with Crippen LogP contribution in [-0.4, -0.2) is 37.4 Å². The number of nitrogens with zero attached hydrogens (tertiary/aromatic N) is 3. The van der Waals surface area contributed by atoms with E-state index in [2.05, 4.69) is 5.32 Å². The third-order valence-corrected chi connectivity index (χ3v) is 5.26. The van der Waals surface area contributed by atoms with E-state index in [0.717, 1.165) is 5.69 Å². The molecule has 152 valence electrons. The molecule has 0 saturated heterocycles. The number of fused-ring (bicyclic) bond motifs is 1. The van der Waals surface area contributed by atoms with Crippen molar-refractivity contribution >= 4 is 34.6 Å². The lowest BCUT2D eigenvalue weighted by Gasteiger charge is -2.18. The Morgan fingerprint density at radius 3 is 2.34 bits per heavy atom. The summed E-state index contributed by atoms with van der Waals surface area (Å²) >= 11 is 0. The van der Waals surface area contributed by atoms with Crippen LogP contribution in [0, 0.1) is 10.1 Å². The van der Waals surface area contributed by atoms with Crippen LogP contribution in [-0.2, 0) is 10.2 Å². The predicted octanol–water partition coefficient (Wildman–Crippen LogP) is 3.56. The summed E-state index contributed by atoms with van der Waals surface area (Å²) in [7, 11) is 3.79. The normalized spacial score (nSPS) is 14.5. The molecule has 2 amide bonds. The van der Waals surface area contributed by atoms with Gasteiger partial charge in [-0.3, -0.25) is 19.7 Å². The van der Waals surface area contributed by atoms with Crippen molar-refractivity contribution in [3.05, 3.63) is 57.6 Å². The van der Waals surface area contributed by atoms with Gasteiger partial charge in [0.1, 0.15) is 5.69 Å². The monoisotopic (exact) mass is 396 g/mol. The van der Waals surface area contributed by atoms with Crippen molar-refractivity contribution in [2.75, 3.05) is 35.8 Å². The number of carbonyl (C=O) groups is 2. The molecule has 0 radical (unpaired) electrons. The Kier molecular flexibility index (Phi) is 5.04. The Labute approximate surface area is 169 Å². The fourth-order valence-electron chi connectivity index (χ4n) is 3.53. The number of hydrogen-bond donors (Lipinski definition) is 1. The van der Waals surface area contributed by atoms with Crippen LogP contribution in [0.2, 0.25) is 0 Å². The third-order valence-electron chi connectivity index (χ3n) is 5.26. The van der Waals surface area contributed by atoms with Gasteiger partial charge in [0, 0.05) is 38.0 Å². The fraction of sp³-hybridized carbons (Fsp3) is 0.333. The zero-order valence-corrected chi connectivity index (χ0v) is 17.1. The zero-order valence-electron chi connectivity index (χ0n) is 17.1. The van der Waals surface area contributed by atoms with E-state index in [0.29, 0.717) is 23.4 Å². The lowest BCUT2D eigenvalue weighted by atomic mass is 9.85. The van der Waals surface area contributed by atoms with E-state index in [1.807, 2.05) is 25.9 Å². The summed E-state index contributed by atoms with van der Waals surface area (Å²) in [5.74, 6) is -0.570. The molecule has 3 rings (SSSR count). The highest BCUT2D eigenvalue weighted by Crippen LogP contribution is 2.45. The van der Waals surface area contributed by atoms with E-state index in [4.69, 9.17) is 0 Å². The maximum absolute atomic E-state index is 12.7. The van der Waals surface area contributed by atoms with Gasteiger partial charge in [0.25, 0.3) is 11.6 Å². The Balaban J connectivity index is 2.01. The van der Waals surface area contributed by atoms with Crippen LogP contribution in [0.1, 0.15) is 36.7 Å². The fourth-order valence-corrected chi connectivity index (χ4v) is 3.53. The van der Waals surface area contributed by atoms with Crippen molar-refractivity contribution in [2.45, 2.75) is 26.2 Å². The Hall–Kier alpha value is -3.42. The van der Waals surface area contributed by atoms with Crippen LogP contribution in [0.5, 0.6) is 0 Å². The average molecular weight is 396 g/mol. The molecule has 8 heteroatoms. The number of anilines is 3. The van der Waals surface area contributed by atoms with Gasteiger partial charge in [-0.25, -0.2) is 0 Å². The van der Waals surface area contributed by atoms with Crippen LogP contribution >= 0.6 is 0 Å². The van der Waals surface area contributed by atoms with Gasteiger partial charge in [-0.15, -0.1) is 0 Å². The molecular weight excluding hydrogens is 372 g/mol.